The van der Waals surface area contributed by atoms with Gasteiger partial charge in [0.05, 0.1) is 23.9 Å². The minimum absolute atomic E-state index is 0.407. The van der Waals surface area contributed by atoms with E-state index in [1.54, 1.807) is 18.2 Å². The van der Waals surface area contributed by atoms with E-state index >= 15 is 0 Å². The lowest BCUT2D eigenvalue weighted by Crippen LogP contribution is -2.45. The molecule has 8 heteroatoms. The highest BCUT2D eigenvalue weighted by Crippen LogP contribution is 2.33. The van der Waals surface area contributed by atoms with Gasteiger partial charge in [0.2, 0.25) is 5.95 Å². The highest BCUT2D eigenvalue weighted by atomic mass is 35.5. The third-order valence-corrected chi connectivity index (χ3v) is 5.22. The van der Waals surface area contributed by atoms with Crippen LogP contribution in [0.5, 0.6) is 0 Å². The van der Waals surface area contributed by atoms with E-state index in [1.807, 2.05) is 13.0 Å². The zero-order chi connectivity index (χ0) is 18.1. The van der Waals surface area contributed by atoms with Gasteiger partial charge in [-0.2, -0.15) is 4.98 Å². The van der Waals surface area contributed by atoms with Gasteiger partial charge in [-0.1, -0.05) is 23.2 Å². The molecule has 1 N–H and O–H groups in total. The van der Waals surface area contributed by atoms with Crippen LogP contribution >= 0.6 is 23.2 Å². The number of aryl methyl sites for hydroxylation is 1. The topological polar surface area (TPSA) is 59.5 Å². The molecular weight excluding hydrogens is 375 g/mol. The molecule has 2 saturated heterocycles. The summed E-state index contributed by atoms with van der Waals surface area (Å²) in [7, 11) is 0. The molecule has 0 radical (unpaired) electrons. The number of nitrogens with zero attached hydrogens (tertiary/aromatic N) is 3. The number of piperidine rings is 1. The number of hydrogen-bond donors (Lipinski definition) is 1. The summed E-state index contributed by atoms with van der Waals surface area (Å²) in [4.78, 5) is 11.4. The molecule has 138 valence electrons. The highest BCUT2D eigenvalue weighted by molar-refractivity contribution is 6.35. The van der Waals surface area contributed by atoms with Gasteiger partial charge in [-0.15, -0.1) is 0 Å². The first-order chi connectivity index (χ1) is 12.5. The maximum absolute atomic E-state index is 6.24. The number of anilines is 3. The van der Waals surface area contributed by atoms with Crippen molar-refractivity contribution in [1.29, 1.82) is 0 Å². The molecule has 26 heavy (non-hydrogen) atoms. The molecule has 1 aromatic heterocycles. The van der Waals surface area contributed by atoms with Gasteiger partial charge in [-0.05, 0) is 25.1 Å². The van der Waals surface area contributed by atoms with Gasteiger partial charge in [0.25, 0.3) is 0 Å². The molecule has 0 unspecified atom stereocenters. The fourth-order valence-corrected chi connectivity index (χ4v) is 3.66. The van der Waals surface area contributed by atoms with Gasteiger partial charge in [0, 0.05) is 42.7 Å². The van der Waals surface area contributed by atoms with Crippen LogP contribution in [0.2, 0.25) is 10.0 Å². The fraction of sp³-hybridized carbons (Fsp3) is 0.444. The quantitative estimate of drug-likeness (QED) is 0.842. The summed E-state index contributed by atoms with van der Waals surface area (Å²) in [5, 5.41) is 4.44. The fourth-order valence-electron chi connectivity index (χ4n) is 3.32. The Balaban J connectivity index is 1.52. The first-order valence-electron chi connectivity index (χ1n) is 8.64. The molecule has 4 rings (SSSR count). The van der Waals surface area contributed by atoms with Gasteiger partial charge in [-0.3, -0.25) is 0 Å². The minimum Gasteiger partial charge on any atom is -0.347 e. The molecule has 2 fully saturated rings. The van der Waals surface area contributed by atoms with Crippen molar-refractivity contribution in [2.75, 3.05) is 36.5 Å². The zero-order valence-electron chi connectivity index (χ0n) is 14.5. The smallest absolute Gasteiger partial charge is 0.227 e. The van der Waals surface area contributed by atoms with Crippen molar-refractivity contribution >= 4 is 40.7 Å². The second-order valence-corrected chi connectivity index (χ2v) is 7.38. The van der Waals surface area contributed by atoms with Gasteiger partial charge >= 0.3 is 0 Å². The molecular formula is C18H20Cl2N4O2. The lowest BCUT2D eigenvalue weighted by atomic mass is 10.0. The van der Waals surface area contributed by atoms with E-state index in [0.29, 0.717) is 40.7 Å². The summed E-state index contributed by atoms with van der Waals surface area (Å²) >= 11 is 12.3. The molecule has 0 saturated carbocycles. The van der Waals surface area contributed by atoms with Crippen LogP contribution in [0.1, 0.15) is 18.5 Å². The van der Waals surface area contributed by atoms with E-state index < -0.39 is 5.79 Å². The molecule has 0 amide bonds. The number of ether oxygens (including phenoxy) is 2. The van der Waals surface area contributed by atoms with E-state index in [9.17, 15) is 0 Å². The Labute approximate surface area is 162 Å². The molecule has 1 aromatic carbocycles. The summed E-state index contributed by atoms with van der Waals surface area (Å²) < 4.78 is 11.6. The lowest BCUT2D eigenvalue weighted by Gasteiger charge is -2.37. The molecule has 0 aliphatic carbocycles. The summed E-state index contributed by atoms with van der Waals surface area (Å²) in [5.41, 5.74) is 1.60. The van der Waals surface area contributed by atoms with E-state index in [-0.39, 0.29) is 0 Å². The predicted molar refractivity (Wildman–Crippen MR) is 103 cm³/mol. The maximum Gasteiger partial charge on any atom is 0.227 e. The first kappa shape index (κ1) is 17.8. The average Bonchev–Trinajstić information content (AvgIpc) is 3.06. The molecule has 2 aliphatic rings. The van der Waals surface area contributed by atoms with Gasteiger partial charge in [0.1, 0.15) is 5.82 Å². The van der Waals surface area contributed by atoms with Gasteiger partial charge < -0.3 is 19.7 Å². The molecule has 3 heterocycles. The molecule has 2 aliphatic heterocycles. The van der Waals surface area contributed by atoms with Crippen LogP contribution in [0.3, 0.4) is 0 Å². The van der Waals surface area contributed by atoms with Gasteiger partial charge in [0.15, 0.2) is 5.79 Å². The standard InChI is InChI=1S/C18H20Cl2N4O2/c1-12-10-16(22-15-11-13(19)2-3-14(15)20)23-17(21-12)24-6-4-18(5-7-24)25-8-9-26-18/h2-3,10-11H,4-9H2,1H3,(H,21,22,23). The Morgan fingerprint density at radius 1 is 1.08 bits per heavy atom. The first-order valence-corrected chi connectivity index (χ1v) is 9.39. The van der Waals surface area contributed by atoms with Crippen LogP contribution in [-0.2, 0) is 9.47 Å². The Bertz CT molecular complexity index is 802. The van der Waals surface area contributed by atoms with Crippen molar-refractivity contribution < 1.29 is 9.47 Å². The number of aromatic nitrogens is 2. The SMILES string of the molecule is Cc1cc(Nc2cc(Cl)ccc2Cl)nc(N2CCC3(CC2)OCCO3)n1. The van der Waals surface area contributed by atoms with Crippen LogP contribution in [0.25, 0.3) is 0 Å². The van der Waals surface area contributed by atoms with E-state index in [1.165, 1.54) is 0 Å². The molecule has 0 atom stereocenters. The van der Waals surface area contributed by atoms with Crippen LogP contribution < -0.4 is 10.2 Å². The zero-order valence-corrected chi connectivity index (χ0v) is 16.0. The van der Waals surface area contributed by atoms with E-state index in [4.69, 9.17) is 32.7 Å². The number of nitrogens with one attached hydrogen (secondary N) is 1. The Morgan fingerprint density at radius 2 is 1.81 bits per heavy atom. The Morgan fingerprint density at radius 3 is 2.54 bits per heavy atom. The maximum atomic E-state index is 6.24. The van der Waals surface area contributed by atoms with E-state index in [0.717, 1.165) is 31.6 Å². The lowest BCUT2D eigenvalue weighted by molar-refractivity contribution is -0.169. The number of halogens is 2. The van der Waals surface area contributed by atoms with E-state index in [2.05, 4.69) is 20.2 Å². The third kappa shape index (κ3) is 3.74. The Kier molecular flexibility index (Phi) is 4.92. The van der Waals surface area contributed by atoms with Crippen LogP contribution in [-0.4, -0.2) is 42.1 Å². The van der Waals surface area contributed by atoms with Crippen molar-refractivity contribution in [3.63, 3.8) is 0 Å². The molecule has 1 spiro atoms. The highest BCUT2D eigenvalue weighted by Gasteiger charge is 2.40. The average molecular weight is 395 g/mol. The van der Waals surface area contributed by atoms with Crippen molar-refractivity contribution in [2.24, 2.45) is 0 Å². The largest absolute Gasteiger partial charge is 0.347 e. The summed E-state index contributed by atoms with van der Waals surface area (Å²) in [6.07, 6.45) is 1.63. The second-order valence-electron chi connectivity index (χ2n) is 6.54. The van der Waals surface area contributed by atoms with Crippen molar-refractivity contribution in [3.05, 3.63) is 40.0 Å². The number of hydrogen-bond acceptors (Lipinski definition) is 6. The second kappa shape index (κ2) is 7.19. The summed E-state index contributed by atoms with van der Waals surface area (Å²) in [6.45, 7) is 4.89. The third-order valence-electron chi connectivity index (χ3n) is 4.66. The van der Waals surface area contributed by atoms with Crippen molar-refractivity contribution in [2.45, 2.75) is 25.6 Å². The predicted octanol–water partition coefficient (Wildman–Crippen LogP) is 4.18. The molecule has 0 bridgehead atoms. The summed E-state index contributed by atoms with van der Waals surface area (Å²) in [6, 6.07) is 7.17. The van der Waals surface area contributed by atoms with Crippen LogP contribution in [0, 0.1) is 6.92 Å². The van der Waals surface area contributed by atoms with Gasteiger partial charge in [-0.25, -0.2) is 4.98 Å². The number of rotatable bonds is 3. The number of benzene rings is 1. The molecule has 2 aromatic rings. The monoisotopic (exact) mass is 394 g/mol. The minimum atomic E-state index is -0.407. The van der Waals surface area contributed by atoms with Crippen LogP contribution in [0.4, 0.5) is 17.5 Å². The summed E-state index contributed by atoms with van der Waals surface area (Å²) in [5.74, 6) is 0.972. The molecule has 6 nitrogen and oxygen atoms in total. The van der Waals surface area contributed by atoms with Crippen LogP contribution in [0.15, 0.2) is 24.3 Å². The normalized spacial score (nSPS) is 19.1. The Hall–Kier alpha value is -1.60. The van der Waals surface area contributed by atoms with Crippen molar-refractivity contribution in [3.8, 4) is 0 Å². The van der Waals surface area contributed by atoms with Crippen molar-refractivity contribution in [1.82, 2.24) is 9.97 Å².